The Labute approximate surface area is 170 Å². The minimum atomic E-state index is 0.261. The molecule has 3 aromatic rings. The van der Waals surface area contributed by atoms with E-state index in [2.05, 4.69) is 47.7 Å². The molecule has 1 N–H and O–H groups in total. The van der Waals surface area contributed by atoms with Gasteiger partial charge in [-0.05, 0) is 81.3 Å². The Morgan fingerprint density at radius 3 is 2.36 bits per heavy atom. The molecule has 4 saturated carbocycles. The first-order chi connectivity index (χ1) is 13.6. The highest BCUT2D eigenvalue weighted by Gasteiger charge is 2.51. The van der Waals surface area contributed by atoms with Crippen molar-refractivity contribution in [2.45, 2.75) is 57.9 Å². The second-order valence-electron chi connectivity index (χ2n) is 9.69. The quantitative estimate of drug-likeness (QED) is 0.567. The molecule has 28 heavy (non-hydrogen) atoms. The average Bonchev–Trinajstić information content (AvgIpc) is 3.05. The van der Waals surface area contributed by atoms with Crippen molar-refractivity contribution in [1.82, 2.24) is 9.97 Å². The van der Waals surface area contributed by atoms with Crippen molar-refractivity contribution in [1.29, 1.82) is 0 Å². The van der Waals surface area contributed by atoms with E-state index in [4.69, 9.17) is 4.98 Å². The fourth-order valence-corrected chi connectivity index (χ4v) is 7.71. The van der Waals surface area contributed by atoms with Gasteiger partial charge in [0.1, 0.15) is 17.0 Å². The molecule has 0 amide bonds. The SMILES string of the molecule is Cc1ccc(-c2csc3ncnc(NC45CC6CC(CC(C6)C4)C5)c23)c(C)c1. The second kappa shape index (κ2) is 6.03. The maximum absolute atomic E-state index is 4.77. The number of aryl methyl sites for hydroxylation is 2. The Kier molecular flexibility index (Phi) is 3.65. The van der Waals surface area contributed by atoms with Gasteiger partial charge in [-0.1, -0.05) is 23.8 Å². The number of hydrogen-bond donors (Lipinski definition) is 1. The van der Waals surface area contributed by atoms with Crippen molar-refractivity contribution in [3.05, 3.63) is 41.0 Å². The first-order valence-electron chi connectivity index (χ1n) is 10.7. The normalized spacial score (nSPS) is 30.9. The van der Waals surface area contributed by atoms with Crippen molar-refractivity contribution in [2.24, 2.45) is 17.8 Å². The Morgan fingerprint density at radius 2 is 1.68 bits per heavy atom. The molecule has 4 bridgehead atoms. The zero-order chi connectivity index (χ0) is 18.9. The molecule has 4 aliphatic rings. The van der Waals surface area contributed by atoms with E-state index >= 15 is 0 Å². The minimum absolute atomic E-state index is 0.261. The molecule has 2 heterocycles. The molecule has 3 nitrogen and oxygen atoms in total. The molecule has 0 spiro atoms. The molecule has 0 unspecified atom stereocenters. The Hall–Kier alpha value is -1.94. The van der Waals surface area contributed by atoms with Crippen LogP contribution in [0.4, 0.5) is 5.82 Å². The monoisotopic (exact) mass is 389 g/mol. The van der Waals surface area contributed by atoms with E-state index in [1.165, 1.54) is 66.2 Å². The topological polar surface area (TPSA) is 37.8 Å². The number of thiophene rings is 1. The maximum atomic E-state index is 4.77. The van der Waals surface area contributed by atoms with Gasteiger partial charge < -0.3 is 5.32 Å². The summed E-state index contributed by atoms with van der Waals surface area (Å²) in [4.78, 5) is 10.5. The summed E-state index contributed by atoms with van der Waals surface area (Å²) in [5.74, 6) is 3.84. The smallest absolute Gasteiger partial charge is 0.139 e. The van der Waals surface area contributed by atoms with Crippen LogP contribution >= 0.6 is 11.3 Å². The van der Waals surface area contributed by atoms with Crippen LogP contribution in [0.3, 0.4) is 0 Å². The van der Waals surface area contributed by atoms with E-state index in [0.717, 1.165) is 28.4 Å². The standard InChI is InChI=1S/C24H27N3S/c1-14-3-4-19(15(2)5-14)20-12-28-23-21(20)22(25-13-26-23)27-24-9-16-6-17(10-24)8-18(7-16)11-24/h3-5,12-13,16-18H,6-11H2,1-2H3,(H,25,26,27). The number of anilines is 1. The van der Waals surface area contributed by atoms with Gasteiger partial charge in [-0.3, -0.25) is 0 Å². The molecule has 4 fully saturated rings. The highest BCUT2D eigenvalue weighted by molar-refractivity contribution is 7.17. The summed E-state index contributed by atoms with van der Waals surface area (Å²) in [7, 11) is 0. The zero-order valence-electron chi connectivity index (χ0n) is 16.7. The third-order valence-corrected chi connectivity index (χ3v) is 8.35. The van der Waals surface area contributed by atoms with Gasteiger partial charge in [0, 0.05) is 16.5 Å². The largest absolute Gasteiger partial charge is 0.364 e. The van der Waals surface area contributed by atoms with Crippen LogP contribution in [0.5, 0.6) is 0 Å². The first kappa shape index (κ1) is 17.0. The first-order valence-corrected chi connectivity index (χ1v) is 11.5. The van der Waals surface area contributed by atoms with Crippen LogP contribution in [0.2, 0.25) is 0 Å². The Morgan fingerprint density at radius 1 is 0.964 bits per heavy atom. The van der Waals surface area contributed by atoms with Crippen molar-refractivity contribution in [3.63, 3.8) is 0 Å². The van der Waals surface area contributed by atoms with Crippen LogP contribution in [0, 0.1) is 31.6 Å². The molecule has 2 aromatic heterocycles. The number of hydrogen-bond acceptors (Lipinski definition) is 4. The van der Waals surface area contributed by atoms with Crippen LogP contribution < -0.4 is 5.32 Å². The lowest BCUT2D eigenvalue weighted by molar-refractivity contribution is 0.0106. The van der Waals surface area contributed by atoms with Gasteiger partial charge in [-0.2, -0.15) is 0 Å². The van der Waals surface area contributed by atoms with Crippen LogP contribution in [-0.2, 0) is 0 Å². The van der Waals surface area contributed by atoms with Crippen LogP contribution in [0.1, 0.15) is 49.7 Å². The fourth-order valence-electron chi connectivity index (χ4n) is 6.80. The number of benzene rings is 1. The summed E-state index contributed by atoms with van der Waals surface area (Å²) >= 11 is 1.74. The zero-order valence-corrected chi connectivity index (χ0v) is 17.5. The van der Waals surface area contributed by atoms with Gasteiger partial charge in [-0.15, -0.1) is 11.3 Å². The van der Waals surface area contributed by atoms with Crippen LogP contribution in [0.15, 0.2) is 29.9 Å². The highest BCUT2D eigenvalue weighted by atomic mass is 32.1. The number of nitrogens with one attached hydrogen (secondary N) is 1. The third-order valence-electron chi connectivity index (χ3n) is 7.46. The predicted octanol–water partition coefficient (Wildman–Crippen LogP) is 6.36. The van der Waals surface area contributed by atoms with Gasteiger partial charge in [-0.25, -0.2) is 9.97 Å². The van der Waals surface area contributed by atoms with Crippen LogP contribution in [-0.4, -0.2) is 15.5 Å². The number of nitrogens with zero attached hydrogens (tertiary/aromatic N) is 2. The molecule has 4 heteroatoms. The molecule has 0 aliphatic heterocycles. The molecule has 7 rings (SSSR count). The number of rotatable bonds is 3. The lowest BCUT2D eigenvalue weighted by Gasteiger charge is -2.57. The van der Waals surface area contributed by atoms with E-state index in [-0.39, 0.29) is 5.54 Å². The molecule has 0 saturated heterocycles. The molecule has 0 radical (unpaired) electrons. The number of aromatic nitrogens is 2. The van der Waals surface area contributed by atoms with Gasteiger partial charge in [0.15, 0.2) is 0 Å². The highest BCUT2D eigenvalue weighted by Crippen LogP contribution is 2.57. The Balaban J connectivity index is 1.45. The van der Waals surface area contributed by atoms with Crippen LogP contribution in [0.25, 0.3) is 21.3 Å². The van der Waals surface area contributed by atoms with Crippen molar-refractivity contribution in [3.8, 4) is 11.1 Å². The molecule has 4 aliphatic carbocycles. The molecular formula is C24H27N3S. The minimum Gasteiger partial charge on any atom is -0.364 e. The summed E-state index contributed by atoms with van der Waals surface area (Å²) in [5.41, 5.74) is 5.48. The second-order valence-corrected chi connectivity index (χ2v) is 10.6. The van der Waals surface area contributed by atoms with E-state index in [9.17, 15) is 0 Å². The van der Waals surface area contributed by atoms with Crippen molar-refractivity contribution in [2.75, 3.05) is 5.32 Å². The van der Waals surface area contributed by atoms with Gasteiger partial charge >= 0.3 is 0 Å². The molecule has 144 valence electrons. The molecule has 0 atom stereocenters. The fraction of sp³-hybridized carbons (Fsp3) is 0.500. The summed E-state index contributed by atoms with van der Waals surface area (Å²) in [6.07, 6.45) is 10.1. The van der Waals surface area contributed by atoms with Gasteiger partial charge in [0.2, 0.25) is 0 Å². The maximum Gasteiger partial charge on any atom is 0.139 e. The van der Waals surface area contributed by atoms with Gasteiger partial charge in [0.25, 0.3) is 0 Å². The van der Waals surface area contributed by atoms with E-state index in [1.54, 1.807) is 17.7 Å². The summed E-state index contributed by atoms with van der Waals surface area (Å²) in [6, 6.07) is 6.74. The third kappa shape index (κ3) is 2.61. The summed E-state index contributed by atoms with van der Waals surface area (Å²) < 4.78 is 0. The molecular weight excluding hydrogens is 362 g/mol. The van der Waals surface area contributed by atoms with Crippen molar-refractivity contribution >= 4 is 27.4 Å². The van der Waals surface area contributed by atoms with Crippen molar-refractivity contribution < 1.29 is 0 Å². The molecule has 1 aromatic carbocycles. The van der Waals surface area contributed by atoms with E-state index in [0.29, 0.717) is 0 Å². The number of fused-ring (bicyclic) bond motifs is 1. The lowest BCUT2D eigenvalue weighted by atomic mass is 9.53. The van der Waals surface area contributed by atoms with E-state index < -0.39 is 0 Å². The lowest BCUT2D eigenvalue weighted by Crippen LogP contribution is -2.54. The summed E-state index contributed by atoms with van der Waals surface area (Å²) in [6.45, 7) is 4.37. The summed E-state index contributed by atoms with van der Waals surface area (Å²) in [5, 5.41) is 7.50. The van der Waals surface area contributed by atoms with E-state index in [1.807, 2.05) is 0 Å². The van der Waals surface area contributed by atoms with Gasteiger partial charge in [0.05, 0.1) is 5.39 Å². The average molecular weight is 390 g/mol. The Bertz CT molecular complexity index is 1030. The predicted molar refractivity (Wildman–Crippen MR) is 117 cm³/mol.